The molecule has 0 spiro atoms. The normalized spacial score (nSPS) is 34.6. The van der Waals surface area contributed by atoms with E-state index in [1.165, 1.54) is 19.2 Å². The number of methoxy groups -OCH3 is 1. The van der Waals surface area contributed by atoms with Crippen molar-refractivity contribution >= 4 is 11.6 Å². The number of carbonyl (C=O) groups is 2. The first-order valence-electron chi connectivity index (χ1n) is 12.7. The van der Waals surface area contributed by atoms with Crippen molar-refractivity contribution in [3.63, 3.8) is 0 Å². The molecule has 208 valence electrons. The molecule has 6 rings (SSSR count). The van der Waals surface area contributed by atoms with E-state index in [-0.39, 0.29) is 46.4 Å². The lowest BCUT2D eigenvalue weighted by Crippen LogP contribution is -2.68. The van der Waals surface area contributed by atoms with Crippen LogP contribution in [0.5, 0.6) is 17.2 Å². The van der Waals surface area contributed by atoms with E-state index in [2.05, 4.69) is 0 Å². The highest BCUT2D eigenvalue weighted by atomic mass is 16.7. The summed E-state index contributed by atoms with van der Waals surface area (Å²) in [6.07, 6.45) is -4.29. The van der Waals surface area contributed by atoms with Crippen LogP contribution in [0.15, 0.2) is 12.1 Å². The quantitative estimate of drug-likeness (QED) is 0.312. The van der Waals surface area contributed by atoms with E-state index in [1.807, 2.05) is 0 Å². The molecule has 11 heteroatoms. The number of phenols is 2. The molecule has 39 heavy (non-hydrogen) atoms. The molecule has 5 N–H and O–H groups in total. The highest BCUT2D eigenvalue weighted by molar-refractivity contribution is 6.31. The van der Waals surface area contributed by atoms with E-state index in [1.54, 1.807) is 32.8 Å². The Morgan fingerprint density at radius 1 is 1.05 bits per heavy atom. The van der Waals surface area contributed by atoms with Crippen LogP contribution in [0, 0.1) is 0 Å². The number of hydrogen-bond acceptors (Lipinski definition) is 11. The maximum Gasteiger partial charge on any atom is 0.228 e. The summed E-state index contributed by atoms with van der Waals surface area (Å²) < 4.78 is 17.4. The number of hydrogen-bond donors (Lipinski definition) is 5. The maximum atomic E-state index is 14.1. The topological polar surface area (TPSA) is 166 Å². The number of phenolic OH excluding ortho intramolecular Hbond substituents is 2. The van der Waals surface area contributed by atoms with Gasteiger partial charge in [-0.1, -0.05) is 0 Å². The fourth-order valence-electron chi connectivity index (χ4n) is 6.76. The minimum Gasteiger partial charge on any atom is -0.507 e. The molecule has 11 nitrogen and oxygen atoms in total. The molecule has 7 unspecified atom stereocenters. The third kappa shape index (κ3) is 3.38. The molecule has 2 aliphatic carbocycles. The van der Waals surface area contributed by atoms with Crippen molar-refractivity contribution in [2.24, 2.45) is 0 Å². The average Bonchev–Trinajstić information content (AvgIpc) is 2.84. The van der Waals surface area contributed by atoms with Gasteiger partial charge in [-0.05, 0) is 45.6 Å². The molecular formula is C28H31NO10. The molecule has 4 aliphatic rings. The molecule has 7 atom stereocenters. The molecule has 2 aliphatic heterocycles. The van der Waals surface area contributed by atoms with Crippen molar-refractivity contribution in [2.45, 2.75) is 68.5 Å². The average molecular weight is 542 g/mol. The lowest BCUT2D eigenvalue weighted by molar-refractivity contribution is -0.311. The zero-order valence-electron chi connectivity index (χ0n) is 22.2. The molecule has 0 saturated carbocycles. The SMILES string of the molecule is COC1CC(C)(O)Cc2cc3c(c(O)c21)C(=O)c1c(O)cc2c(c1C3=O)OC1OC2(C)C(O)C(N(C)C)C1O. The number of aliphatic hydroxyl groups is 3. The zero-order chi connectivity index (χ0) is 28.3. The van der Waals surface area contributed by atoms with E-state index < -0.39 is 64.9 Å². The highest BCUT2D eigenvalue weighted by Gasteiger charge is 2.59. The van der Waals surface area contributed by atoms with Gasteiger partial charge < -0.3 is 44.6 Å². The third-order valence-corrected chi connectivity index (χ3v) is 8.66. The Balaban J connectivity index is 1.58. The van der Waals surface area contributed by atoms with E-state index in [9.17, 15) is 35.1 Å². The van der Waals surface area contributed by atoms with Crippen LogP contribution in [0.1, 0.15) is 74.9 Å². The smallest absolute Gasteiger partial charge is 0.228 e. The van der Waals surface area contributed by atoms with Crippen LogP contribution in [0.3, 0.4) is 0 Å². The van der Waals surface area contributed by atoms with Gasteiger partial charge in [0.1, 0.15) is 35.1 Å². The van der Waals surface area contributed by atoms with E-state index in [0.29, 0.717) is 11.1 Å². The van der Waals surface area contributed by atoms with Gasteiger partial charge in [0.05, 0.1) is 34.4 Å². The molecular weight excluding hydrogens is 510 g/mol. The van der Waals surface area contributed by atoms with Crippen molar-refractivity contribution in [3.8, 4) is 17.2 Å². The van der Waals surface area contributed by atoms with Crippen LogP contribution in [-0.4, -0.2) is 93.3 Å². The van der Waals surface area contributed by atoms with Crippen LogP contribution < -0.4 is 4.74 Å². The van der Waals surface area contributed by atoms with Gasteiger partial charge in [-0.25, -0.2) is 0 Å². The number of ketones is 2. The highest BCUT2D eigenvalue weighted by Crippen LogP contribution is 2.54. The summed E-state index contributed by atoms with van der Waals surface area (Å²) in [7, 11) is 4.80. The molecule has 2 heterocycles. The van der Waals surface area contributed by atoms with Crippen LogP contribution in [0.4, 0.5) is 0 Å². The Morgan fingerprint density at radius 2 is 1.74 bits per heavy atom. The van der Waals surface area contributed by atoms with Crippen LogP contribution in [0.25, 0.3) is 0 Å². The van der Waals surface area contributed by atoms with Crippen LogP contribution in [-0.2, 0) is 21.5 Å². The molecule has 2 bridgehead atoms. The monoisotopic (exact) mass is 541 g/mol. The first-order chi connectivity index (χ1) is 18.2. The van der Waals surface area contributed by atoms with Gasteiger partial charge in [0.25, 0.3) is 0 Å². The zero-order valence-corrected chi connectivity index (χ0v) is 22.2. The Hall–Kier alpha value is -3.06. The van der Waals surface area contributed by atoms with E-state index in [4.69, 9.17) is 14.2 Å². The van der Waals surface area contributed by atoms with Gasteiger partial charge >= 0.3 is 0 Å². The largest absolute Gasteiger partial charge is 0.507 e. The standard InChI is InChI=1S/C28H31NO10/c1-27(36)8-10-6-11-16(21(32)15(10)14(9-27)37-5)22(33)17-13(30)7-12-24(18(17)20(11)31)38-26-23(34)19(29(3)4)25(35)28(12,2)39-26/h6-7,14,19,23,25-26,30,32,34-36H,8-9H2,1-5H3. The second kappa shape index (κ2) is 8.23. The minimum atomic E-state index is -1.50. The van der Waals surface area contributed by atoms with Crippen molar-refractivity contribution in [2.75, 3.05) is 21.2 Å². The number of fused-ring (bicyclic) bond motifs is 8. The molecule has 1 fully saturated rings. The predicted molar refractivity (Wildman–Crippen MR) is 134 cm³/mol. The summed E-state index contributed by atoms with van der Waals surface area (Å²) in [5.74, 6) is -2.54. The Bertz CT molecular complexity index is 1450. The maximum absolute atomic E-state index is 14.1. The molecule has 0 radical (unpaired) electrons. The Kier molecular flexibility index (Phi) is 5.52. The minimum absolute atomic E-state index is 0.0835. The van der Waals surface area contributed by atoms with Gasteiger partial charge in [0.2, 0.25) is 12.1 Å². The number of likely N-dealkylation sites (N-methyl/N-ethyl adjacent to an activating group) is 1. The second-order valence-electron chi connectivity index (χ2n) is 11.6. The summed E-state index contributed by atoms with van der Waals surface area (Å²) in [6.45, 7) is 3.19. The summed E-state index contributed by atoms with van der Waals surface area (Å²) in [6, 6.07) is 1.90. The lowest BCUT2D eigenvalue weighted by atomic mass is 9.72. The van der Waals surface area contributed by atoms with Gasteiger partial charge in [-0.15, -0.1) is 0 Å². The molecule has 2 aromatic rings. The van der Waals surface area contributed by atoms with Crippen molar-refractivity contribution in [3.05, 3.63) is 51.1 Å². The number of nitrogens with zero attached hydrogens (tertiary/aromatic N) is 1. The first-order valence-corrected chi connectivity index (χ1v) is 12.7. The van der Waals surface area contributed by atoms with Crippen molar-refractivity contribution < 1.29 is 49.3 Å². The number of carbonyl (C=O) groups excluding carboxylic acids is 2. The Morgan fingerprint density at radius 3 is 2.38 bits per heavy atom. The number of rotatable bonds is 2. The van der Waals surface area contributed by atoms with Gasteiger partial charge in [0.15, 0.2) is 5.78 Å². The number of ether oxygens (including phenoxy) is 3. The predicted octanol–water partition coefficient (Wildman–Crippen LogP) is 0.874. The molecule has 2 aromatic carbocycles. The summed E-state index contributed by atoms with van der Waals surface area (Å²) in [4.78, 5) is 29.5. The molecule has 1 saturated heterocycles. The number of aliphatic hydroxyl groups excluding tert-OH is 2. The third-order valence-electron chi connectivity index (χ3n) is 8.66. The van der Waals surface area contributed by atoms with Crippen molar-refractivity contribution in [1.29, 1.82) is 0 Å². The van der Waals surface area contributed by atoms with Crippen LogP contribution >= 0.6 is 0 Å². The fourth-order valence-corrected chi connectivity index (χ4v) is 6.76. The first kappa shape index (κ1) is 26.2. The lowest BCUT2D eigenvalue weighted by Gasteiger charge is -2.53. The second-order valence-corrected chi connectivity index (χ2v) is 11.6. The number of benzene rings is 2. The van der Waals surface area contributed by atoms with Crippen molar-refractivity contribution in [1.82, 2.24) is 4.90 Å². The summed E-state index contributed by atoms with van der Waals surface area (Å²) in [5, 5.41) is 55.4. The Labute approximate surface area is 224 Å². The van der Waals surface area contributed by atoms with Gasteiger partial charge in [-0.2, -0.15) is 0 Å². The fraction of sp³-hybridized carbons (Fsp3) is 0.500. The molecule has 0 aromatic heterocycles. The van der Waals surface area contributed by atoms with E-state index >= 15 is 0 Å². The summed E-state index contributed by atoms with van der Waals surface area (Å²) >= 11 is 0. The molecule has 0 amide bonds. The number of aromatic hydroxyl groups is 2. The van der Waals surface area contributed by atoms with Gasteiger partial charge in [0, 0.05) is 36.6 Å². The van der Waals surface area contributed by atoms with Crippen LogP contribution in [0.2, 0.25) is 0 Å². The van der Waals surface area contributed by atoms with Gasteiger partial charge in [-0.3, -0.25) is 9.59 Å². The summed E-state index contributed by atoms with van der Waals surface area (Å²) in [5.41, 5.74) is -2.71. The van der Waals surface area contributed by atoms with E-state index in [0.717, 1.165) is 0 Å².